The van der Waals surface area contributed by atoms with Gasteiger partial charge in [0.15, 0.2) is 11.4 Å². The summed E-state index contributed by atoms with van der Waals surface area (Å²) < 4.78 is 21.1. The van der Waals surface area contributed by atoms with E-state index in [9.17, 15) is 4.79 Å². The molecule has 1 aliphatic rings. The number of methoxy groups -OCH3 is 1. The third-order valence-electron chi connectivity index (χ3n) is 7.47. The second kappa shape index (κ2) is 12.6. The van der Waals surface area contributed by atoms with Gasteiger partial charge in [0.05, 0.1) is 18.5 Å². The van der Waals surface area contributed by atoms with Crippen LogP contribution in [0.25, 0.3) is 27.6 Å². The molecule has 11 nitrogen and oxygen atoms in total. The van der Waals surface area contributed by atoms with Crippen molar-refractivity contribution in [1.82, 2.24) is 34.7 Å². The van der Waals surface area contributed by atoms with Crippen LogP contribution in [0.5, 0.6) is 5.75 Å². The maximum atomic E-state index is 12.4. The number of carbonyl (C=O) groups excluding carboxylic acids is 1. The summed E-state index contributed by atoms with van der Waals surface area (Å²) in [5, 5.41) is 13.5. The highest BCUT2D eigenvalue weighted by molar-refractivity contribution is 7.15. The molecule has 4 aromatic heterocycles. The van der Waals surface area contributed by atoms with E-state index in [1.54, 1.807) is 23.0 Å². The number of rotatable bonds is 10. The van der Waals surface area contributed by atoms with Crippen molar-refractivity contribution in [2.24, 2.45) is 0 Å². The van der Waals surface area contributed by atoms with E-state index in [-0.39, 0.29) is 18.1 Å². The van der Waals surface area contributed by atoms with E-state index in [0.717, 1.165) is 58.5 Å². The van der Waals surface area contributed by atoms with Crippen molar-refractivity contribution in [1.29, 1.82) is 0 Å². The largest absolute Gasteiger partial charge is 0.493 e. The molecule has 238 valence electrons. The Hall–Kier alpha value is -3.29. The molecule has 0 spiro atoms. The Balaban J connectivity index is 1.52. The Labute approximate surface area is 264 Å². The van der Waals surface area contributed by atoms with Gasteiger partial charge in [0.2, 0.25) is 0 Å². The molecule has 4 aromatic rings. The van der Waals surface area contributed by atoms with Crippen molar-refractivity contribution in [3.63, 3.8) is 0 Å². The fraction of sp³-hybridized carbons (Fsp3) is 0.581. The quantitative estimate of drug-likeness (QED) is 0.154. The molecule has 0 aromatic carbocycles. The van der Waals surface area contributed by atoms with Gasteiger partial charge in [0.1, 0.15) is 29.4 Å². The molecule has 0 aliphatic heterocycles. The monoisotopic (exact) mass is 639 g/mol. The number of alkyl carbamates (subject to hydrolysis) is 1. The van der Waals surface area contributed by atoms with E-state index in [1.807, 2.05) is 37.7 Å². The second-order valence-electron chi connectivity index (χ2n) is 13.9. The number of nitrogens with zero attached hydrogens (tertiary/aromatic N) is 6. The smallest absolute Gasteiger partial charge is 0.407 e. The summed E-state index contributed by atoms with van der Waals surface area (Å²) in [5.74, 6) is 0.785. The Morgan fingerprint density at radius 2 is 2.02 bits per heavy atom. The first kappa shape index (κ1) is 32.1. The van der Waals surface area contributed by atoms with Crippen LogP contribution in [0.3, 0.4) is 0 Å². The van der Waals surface area contributed by atoms with E-state index >= 15 is 0 Å². The first-order valence-electron chi connectivity index (χ1n) is 15.3. The van der Waals surface area contributed by atoms with E-state index in [4.69, 9.17) is 24.3 Å². The Morgan fingerprint density at radius 3 is 2.70 bits per heavy atom. The second-order valence-corrected chi connectivity index (χ2v) is 20.6. The molecule has 1 N–H and O–H groups in total. The van der Waals surface area contributed by atoms with Gasteiger partial charge >= 0.3 is 6.09 Å². The molecule has 1 atom stereocenters. The van der Waals surface area contributed by atoms with Crippen LogP contribution in [0.1, 0.15) is 63.1 Å². The fourth-order valence-corrected chi connectivity index (χ4v) is 7.30. The molecule has 0 fully saturated rings. The minimum atomic E-state index is -1.25. The lowest BCUT2D eigenvalue weighted by atomic mass is 9.96. The van der Waals surface area contributed by atoms with Crippen LogP contribution in [-0.2, 0) is 29.0 Å². The van der Waals surface area contributed by atoms with Crippen LogP contribution in [0, 0.1) is 0 Å². The number of fused-ring (bicyclic) bond motifs is 2. The topological polar surface area (TPSA) is 118 Å². The minimum Gasteiger partial charge on any atom is -0.493 e. The van der Waals surface area contributed by atoms with Gasteiger partial charge in [-0.2, -0.15) is 10.2 Å². The maximum absolute atomic E-state index is 12.4. The normalized spacial score (nSPS) is 15.5. The van der Waals surface area contributed by atoms with Gasteiger partial charge in [-0.1, -0.05) is 33.5 Å². The first-order chi connectivity index (χ1) is 20.7. The Bertz CT molecular complexity index is 1630. The number of hydrogen-bond acceptors (Lipinski definition) is 9. The molecule has 0 bridgehead atoms. The molecule has 1 unspecified atom stereocenters. The molecule has 0 saturated carbocycles. The van der Waals surface area contributed by atoms with Gasteiger partial charge in [0, 0.05) is 49.3 Å². The zero-order valence-electron chi connectivity index (χ0n) is 27.4. The SMILES string of the molecule is COc1cc(-c2c(C(C)C)c(-c3nc4c(s3)CC(NC(=O)OC(C)(C)C)CC4)nn2COCC[Si](C)(C)C)cn2ncnc12. The summed E-state index contributed by atoms with van der Waals surface area (Å²) in [7, 11) is 0.393. The Morgan fingerprint density at radius 1 is 1.25 bits per heavy atom. The maximum Gasteiger partial charge on any atom is 0.407 e. The lowest BCUT2D eigenvalue weighted by Crippen LogP contribution is -2.41. The van der Waals surface area contributed by atoms with Gasteiger partial charge in [-0.05, 0) is 51.6 Å². The summed E-state index contributed by atoms with van der Waals surface area (Å²) >= 11 is 1.66. The summed E-state index contributed by atoms with van der Waals surface area (Å²) in [6.07, 6.45) is 5.44. The minimum absolute atomic E-state index is 0.00461. The van der Waals surface area contributed by atoms with Gasteiger partial charge in [0.25, 0.3) is 0 Å². The number of ether oxygens (including phenoxy) is 3. The summed E-state index contributed by atoms with van der Waals surface area (Å²) in [5.41, 5.74) is 5.02. The summed E-state index contributed by atoms with van der Waals surface area (Å²) in [6.45, 7) is 18.0. The van der Waals surface area contributed by atoms with E-state index < -0.39 is 13.7 Å². The van der Waals surface area contributed by atoms with E-state index in [0.29, 0.717) is 24.7 Å². The number of carbonyl (C=O) groups is 1. The van der Waals surface area contributed by atoms with Crippen molar-refractivity contribution in [3.8, 4) is 27.7 Å². The number of aromatic nitrogens is 6. The van der Waals surface area contributed by atoms with E-state index in [2.05, 4.69) is 48.9 Å². The summed E-state index contributed by atoms with van der Waals surface area (Å²) in [6, 6.07) is 3.07. The standard InChI is InChI=1S/C31H45N7O4SSi/c1-19(2)25-26(29-35-22-11-10-21(15-24(22)43-29)34-30(39)42-31(3,4)5)36-38(18-41-12-13-44(7,8)9)27(25)20-14-23(40-6)28-32-17-33-37(28)16-20/h14,16-17,19,21H,10-13,15,18H2,1-9H3,(H,34,39). The van der Waals surface area contributed by atoms with Crippen LogP contribution in [0.4, 0.5) is 4.79 Å². The average Bonchev–Trinajstić information content (AvgIpc) is 3.65. The van der Waals surface area contributed by atoms with Crippen molar-refractivity contribution >= 4 is 31.2 Å². The fourth-order valence-electron chi connectivity index (χ4n) is 5.36. The average molecular weight is 640 g/mol. The van der Waals surface area contributed by atoms with Crippen LogP contribution in [-0.4, -0.2) is 68.9 Å². The van der Waals surface area contributed by atoms with Crippen molar-refractivity contribution in [2.75, 3.05) is 13.7 Å². The highest BCUT2D eigenvalue weighted by Gasteiger charge is 2.30. The number of hydrogen-bond donors (Lipinski definition) is 1. The molecule has 5 rings (SSSR count). The highest BCUT2D eigenvalue weighted by atomic mass is 32.1. The third kappa shape index (κ3) is 7.32. The van der Waals surface area contributed by atoms with Gasteiger partial charge in [-0.25, -0.2) is 24.0 Å². The molecule has 0 radical (unpaired) electrons. The van der Waals surface area contributed by atoms with Crippen molar-refractivity contribution in [3.05, 3.63) is 34.7 Å². The highest BCUT2D eigenvalue weighted by Crippen LogP contribution is 2.41. The predicted octanol–water partition coefficient (Wildman–Crippen LogP) is 6.54. The number of aryl methyl sites for hydroxylation is 1. The molecule has 1 aliphatic carbocycles. The molecular formula is C31H45N7O4SSi. The van der Waals surface area contributed by atoms with Crippen molar-refractivity contribution < 1.29 is 19.0 Å². The molecule has 1 amide bonds. The van der Waals surface area contributed by atoms with Gasteiger partial charge < -0.3 is 19.5 Å². The Kier molecular flexibility index (Phi) is 9.20. The lowest BCUT2D eigenvalue weighted by molar-refractivity contribution is 0.0500. The zero-order valence-corrected chi connectivity index (χ0v) is 29.2. The lowest BCUT2D eigenvalue weighted by Gasteiger charge is -2.25. The van der Waals surface area contributed by atoms with Crippen LogP contribution < -0.4 is 10.1 Å². The molecule has 4 heterocycles. The summed E-state index contributed by atoms with van der Waals surface area (Å²) in [4.78, 5) is 23.1. The predicted molar refractivity (Wildman–Crippen MR) is 175 cm³/mol. The van der Waals surface area contributed by atoms with E-state index in [1.165, 1.54) is 11.2 Å². The van der Waals surface area contributed by atoms with Gasteiger partial charge in [-0.3, -0.25) is 0 Å². The molecular weight excluding hydrogens is 595 g/mol. The van der Waals surface area contributed by atoms with Crippen LogP contribution in [0.15, 0.2) is 18.6 Å². The number of pyridine rings is 1. The van der Waals surface area contributed by atoms with Crippen molar-refractivity contribution in [2.45, 2.75) is 104 Å². The molecule has 0 saturated heterocycles. The van der Waals surface area contributed by atoms with Crippen LogP contribution >= 0.6 is 11.3 Å². The molecule has 44 heavy (non-hydrogen) atoms. The van der Waals surface area contributed by atoms with Gasteiger partial charge in [-0.15, -0.1) is 11.3 Å². The third-order valence-corrected chi connectivity index (χ3v) is 10.3. The first-order valence-corrected chi connectivity index (χ1v) is 19.8. The number of amides is 1. The zero-order chi connectivity index (χ0) is 31.8. The number of thiazole rings is 1. The van der Waals surface area contributed by atoms with Crippen LogP contribution in [0.2, 0.25) is 25.7 Å². The molecule has 13 heteroatoms. The number of nitrogens with one attached hydrogen (secondary N) is 1.